The zero-order chi connectivity index (χ0) is 19.1. The molecule has 7 heteroatoms. The van der Waals surface area contributed by atoms with Crippen molar-refractivity contribution in [2.24, 2.45) is 0 Å². The summed E-state index contributed by atoms with van der Waals surface area (Å²) in [6, 6.07) is 14.5. The Morgan fingerprint density at radius 3 is 2.52 bits per heavy atom. The van der Waals surface area contributed by atoms with E-state index in [0.29, 0.717) is 18.1 Å². The molecule has 0 radical (unpaired) electrons. The van der Waals surface area contributed by atoms with Gasteiger partial charge in [-0.2, -0.15) is 0 Å². The maximum absolute atomic E-state index is 12.3. The lowest BCUT2D eigenvalue weighted by Crippen LogP contribution is -2.12. The molecule has 1 N–H and O–H groups in total. The number of aromatic nitrogens is 2. The van der Waals surface area contributed by atoms with E-state index in [-0.39, 0.29) is 11.9 Å². The summed E-state index contributed by atoms with van der Waals surface area (Å²) in [6.45, 7) is 2.83. The van der Waals surface area contributed by atoms with Crippen LogP contribution in [0, 0.1) is 0 Å². The first-order chi connectivity index (χ1) is 13.2. The van der Waals surface area contributed by atoms with E-state index in [1.165, 1.54) is 0 Å². The van der Waals surface area contributed by atoms with Crippen LogP contribution in [-0.2, 0) is 0 Å². The van der Waals surface area contributed by atoms with Crippen molar-refractivity contribution in [1.29, 1.82) is 0 Å². The van der Waals surface area contributed by atoms with Crippen molar-refractivity contribution in [3.05, 3.63) is 58.6 Å². The van der Waals surface area contributed by atoms with E-state index >= 15 is 0 Å². The second kappa shape index (κ2) is 9.32. The highest BCUT2D eigenvalue weighted by Gasteiger charge is 2.13. The Morgan fingerprint density at radius 2 is 1.81 bits per heavy atom. The molecule has 6 nitrogen and oxygen atoms in total. The summed E-state index contributed by atoms with van der Waals surface area (Å²) in [7, 11) is 0. The maximum atomic E-state index is 12.3. The molecule has 140 valence electrons. The van der Waals surface area contributed by atoms with Gasteiger partial charge in [-0.1, -0.05) is 40.8 Å². The second-order valence-corrected chi connectivity index (χ2v) is 6.87. The molecule has 0 saturated carbocycles. The van der Waals surface area contributed by atoms with E-state index in [9.17, 15) is 4.79 Å². The van der Waals surface area contributed by atoms with Gasteiger partial charge in [0.05, 0.1) is 6.61 Å². The topological polar surface area (TPSA) is 77.2 Å². The second-order valence-electron chi connectivity index (χ2n) is 5.95. The fraction of sp³-hybridized carbons (Fsp3) is 0.250. The van der Waals surface area contributed by atoms with Crippen molar-refractivity contribution in [2.45, 2.75) is 26.2 Å². The van der Waals surface area contributed by atoms with E-state index < -0.39 is 0 Å². The monoisotopic (exact) mass is 429 g/mol. The third kappa shape index (κ3) is 5.40. The van der Waals surface area contributed by atoms with Crippen LogP contribution in [0.4, 0.5) is 6.01 Å². The number of ether oxygens (including phenoxy) is 1. The van der Waals surface area contributed by atoms with Crippen LogP contribution < -0.4 is 10.1 Å². The average molecular weight is 430 g/mol. The molecule has 0 bridgehead atoms. The predicted molar refractivity (Wildman–Crippen MR) is 107 cm³/mol. The molecule has 2 aromatic carbocycles. The van der Waals surface area contributed by atoms with Gasteiger partial charge in [-0.3, -0.25) is 10.1 Å². The number of carbonyl (C=O) groups is 1. The van der Waals surface area contributed by atoms with Gasteiger partial charge in [0.2, 0.25) is 5.89 Å². The summed E-state index contributed by atoms with van der Waals surface area (Å²) in [5.41, 5.74) is 1.26. The van der Waals surface area contributed by atoms with Gasteiger partial charge in [-0.25, -0.2) is 0 Å². The Morgan fingerprint density at radius 1 is 1.07 bits per heavy atom. The molecule has 1 aromatic heterocycles. The molecule has 3 aromatic rings. The van der Waals surface area contributed by atoms with Crippen molar-refractivity contribution < 1.29 is 13.9 Å². The van der Waals surface area contributed by atoms with Gasteiger partial charge in [-0.15, -0.1) is 5.10 Å². The summed E-state index contributed by atoms with van der Waals surface area (Å²) in [5, 5.41) is 10.4. The number of hydrogen-bond donors (Lipinski definition) is 1. The Kier molecular flexibility index (Phi) is 6.59. The molecule has 1 amide bonds. The van der Waals surface area contributed by atoms with Gasteiger partial charge in [0.25, 0.3) is 5.91 Å². The number of amides is 1. The lowest BCUT2D eigenvalue weighted by molar-refractivity contribution is 0.102. The SMILES string of the molecule is CCCCCOc1ccc(C(=O)Nc2nnc(-c3ccc(Br)cc3)o2)cc1. The van der Waals surface area contributed by atoms with Gasteiger partial charge in [-0.05, 0) is 55.0 Å². The van der Waals surface area contributed by atoms with Crippen molar-refractivity contribution in [1.82, 2.24) is 10.2 Å². The lowest BCUT2D eigenvalue weighted by atomic mass is 10.2. The molecule has 0 saturated heterocycles. The summed E-state index contributed by atoms with van der Waals surface area (Å²) in [6.07, 6.45) is 3.32. The van der Waals surface area contributed by atoms with Gasteiger partial charge >= 0.3 is 6.01 Å². The molecular weight excluding hydrogens is 410 g/mol. The number of nitrogens with one attached hydrogen (secondary N) is 1. The van der Waals surface area contributed by atoms with Crippen molar-refractivity contribution >= 4 is 27.9 Å². The third-order valence-corrected chi connectivity index (χ3v) is 4.40. The van der Waals surface area contributed by atoms with Crippen LogP contribution in [0.25, 0.3) is 11.5 Å². The number of unbranched alkanes of at least 4 members (excludes halogenated alkanes) is 2. The number of nitrogens with zero attached hydrogens (tertiary/aromatic N) is 2. The Balaban J connectivity index is 1.58. The number of benzene rings is 2. The zero-order valence-electron chi connectivity index (χ0n) is 14.9. The Hall–Kier alpha value is -2.67. The number of rotatable bonds is 8. The van der Waals surface area contributed by atoms with Crippen molar-refractivity contribution in [3.8, 4) is 17.2 Å². The third-order valence-electron chi connectivity index (χ3n) is 3.87. The molecule has 3 rings (SSSR count). The van der Waals surface area contributed by atoms with Crippen LogP contribution in [0.15, 0.2) is 57.4 Å². The Bertz CT molecular complexity index is 876. The Labute approximate surface area is 166 Å². The van der Waals surface area contributed by atoms with E-state index in [1.54, 1.807) is 24.3 Å². The molecule has 0 fully saturated rings. The zero-order valence-corrected chi connectivity index (χ0v) is 16.5. The fourth-order valence-electron chi connectivity index (χ4n) is 2.40. The molecule has 27 heavy (non-hydrogen) atoms. The van der Waals surface area contributed by atoms with E-state index in [0.717, 1.165) is 35.0 Å². The quantitative estimate of drug-likeness (QED) is 0.490. The molecule has 0 aliphatic rings. The predicted octanol–water partition coefficient (Wildman–Crippen LogP) is 5.32. The maximum Gasteiger partial charge on any atom is 0.322 e. The van der Waals surface area contributed by atoms with Crippen LogP contribution in [0.1, 0.15) is 36.5 Å². The molecule has 0 atom stereocenters. The molecule has 0 aliphatic carbocycles. The van der Waals surface area contributed by atoms with Gasteiger partial charge in [0, 0.05) is 15.6 Å². The number of carbonyl (C=O) groups excluding carboxylic acids is 1. The van der Waals surface area contributed by atoms with Crippen LogP contribution in [0.3, 0.4) is 0 Å². The van der Waals surface area contributed by atoms with Crippen molar-refractivity contribution in [3.63, 3.8) is 0 Å². The van der Waals surface area contributed by atoms with Crippen LogP contribution in [0.5, 0.6) is 5.75 Å². The number of hydrogen-bond acceptors (Lipinski definition) is 5. The molecule has 0 unspecified atom stereocenters. The van der Waals surface area contributed by atoms with Crippen LogP contribution in [0.2, 0.25) is 0 Å². The number of halogens is 1. The molecule has 0 spiro atoms. The van der Waals surface area contributed by atoms with Crippen LogP contribution in [-0.4, -0.2) is 22.7 Å². The lowest BCUT2D eigenvalue weighted by Gasteiger charge is -2.06. The summed E-state index contributed by atoms with van der Waals surface area (Å²) < 4.78 is 12.1. The minimum absolute atomic E-state index is 0.0535. The smallest absolute Gasteiger partial charge is 0.322 e. The minimum Gasteiger partial charge on any atom is -0.494 e. The first-order valence-corrected chi connectivity index (χ1v) is 9.58. The molecular formula is C20H20BrN3O3. The fourth-order valence-corrected chi connectivity index (χ4v) is 2.66. The molecule has 0 aliphatic heterocycles. The van der Waals surface area contributed by atoms with E-state index in [1.807, 2.05) is 24.3 Å². The highest BCUT2D eigenvalue weighted by molar-refractivity contribution is 9.10. The highest BCUT2D eigenvalue weighted by Crippen LogP contribution is 2.22. The molecule has 1 heterocycles. The first-order valence-electron chi connectivity index (χ1n) is 8.79. The van der Waals surface area contributed by atoms with Crippen molar-refractivity contribution in [2.75, 3.05) is 11.9 Å². The highest BCUT2D eigenvalue weighted by atomic mass is 79.9. The van der Waals surface area contributed by atoms with E-state index in [2.05, 4.69) is 38.4 Å². The van der Waals surface area contributed by atoms with Gasteiger partial charge in [0.1, 0.15) is 5.75 Å². The van der Waals surface area contributed by atoms with Crippen LogP contribution >= 0.6 is 15.9 Å². The normalized spacial score (nSPS) is 10.6. The summed E-state index contributed by atoms with van der Waals surface area (Å²) in [4.78, 5) is 12.3. The first kappa shape index (κ1) is 19.1. The standard InChI is InChI=1S/C20H20BrN3O3/c1-2-3-4-13-26-17-11-7-14(8-12-17)18(25)22-20-24-23-19(27-20)15-5-9-16(21)10-6-15/h5-12H,2-4,13H2,1H3,(H,22,24,25). The number of anilines is 1. The van der Waals surface area contributed by atoms with Gasteiger partial charge in [0.15, 0.2) is 0 Å². The van der Waals surface area contributed by atoms with E-state index in [4.69, 9.17) is 9.15 Å². The van der Waals surface area contributed by atoms with Gasteiger partial charge < -0.3 is 9.15 Å². The minimum atomic E-state index is -0.321. The summed E-state index contributed by atoms with van der Waals surface area (Å²) in [5.74, 6) is 0.769. The largest absolute Gasteiger partial charge is 0.494 e. The average Bonchev–Trinajstić information content (AvgIpc) is 3.15. The summed E-state index contributed by atoms with van der Waals surface area (Å²) >= 11 is 3.37.